The van der Waals surface area contributed by atoms with Crippen molar-refractivity contribution in [3.8, 4) is 0 Å². The Balaban J connectivity index is 0.000000344. The lowest BCUT2D eigenvalue weighted by Crippen LogP contribution is -2.61. The summed E-state index contributed by atoms with van der Waals surface area (Å²) in [6, 6.07) is 8.69. The summed E-state index contributed by atoms with van der Waals surface area (Å²) in [7, 11) is 1.75. The van der Waals surface area contributed by atoms with E-state index in [1.54, 1.807) is 28.5 Å². The zero-order valence-corrected chi connectivity index (χ0v) is 18.6. The van der Waals surface area contributed by atoms with Crippen LogP contribution in [0.3, 0.4) is 0 Å². The number of hydrogen-bond acceptors (Lipinski definition) is 6. The van der Waals surface area contributed by atoms with Gasteiger partial charge < -0.3 is 20.6 Å². The third-order valence-corrected chi connectivity index (χ3v) is 5.92. The Labute approximate surface area is 196 Å². The van der Waals surface area contributed by atoms with E-state index in [2.05, 4.69) is 20.6 Å². The molecule has 0 aliphatic carbocycles. The molecule has 0 unspecified atom stereocenters. The van der Waals surface area contributed by atoms with Gasteiger partial charge in [-0.25, -0.2) is 9.31 Å². The number of fused-ring (bicyclic) bond motifs is 4. The summed E-state index contributed by atoms with van der Waals surface area (Å²) in [6.07, 6.45) is -1.02. The van der Waals surface area contributed by atoms with Crippen LogP contribution in [-0.2, 0) is 11.8 Å². The summed E-state index contributed by atoms with van der Waals surface area (Å²) in [6.45, 7) is 1.94. The van der Waals surface area contributed by atoms with Crippen molar-refractivity contribution in [3.63, 3.8) is 0 Å². The van der Waals surface area contributed by atoms with Crippen LogP contribution in [0.1, 0.15) is 23.3 Å². The van der Waals surface area contributed by atoms with Crippen molar-refractivity contribution >= 4 is 40.5 Å². The van der Waals surface area contributed by atoms with Crippen molar-refractivity contribution in [3.05, 3.63) is 41.3 Å². The Morgan fingerprint density at radius 2 is 1.91 bits per heavy atom. The van der Waals surface area contributed by atoms with E-state index >= 15 is 0 Å². The maximum Gasteiger partial charge on any atom is 0.490 e. The molecule has 3 saturated heterocycles. The van der Waals surface area contributed by atoms with E-state index < -0.39 is 12.1 Å². The largest absolute Gasteiger partial charge is 0.490 e. The fraction of sp³-hybridized carbons (Fsp3) is 0.400. The second kappa shape index (κ2) is 9.14. The minimum absolute atomic E-state index is 0.261. The highest BCUT2D eigenvalue weighted by Gasteiger charge is 2.38. The van der Waals surface area contributed by atoms with Crippen LogP contribution in [0.15, 0.2) is 30.5 Å². The SMILES string of the molecule is Cn1cc(NC(=O)c2ccc3ccc(N4C[C@@H]5CC[C@H]4CN5)nn23)c(Cl)n1.O=C(O)C(F)(F)F. The van der Waals surface area contributed by atoms with Crippen LogP contribution in [0.2, 0.25) is 5.15 Å². The monoisotopic (exact) mass is 499 g/mol. The fourth-order valence-electron chi connectivity index (χ4n) is 4.02. The number of hydrogen-bond donors (Lipinski definition) is 3. The Morgan fingerprint density at radius 1 is 1.21 bits per heavy atom. The zero-order chi connectivity index (χ0) is 24.6. The predicted octanol–water partition coefficient (Wildman–Crippen LogP) is 2.55. The van der Waals surface area contributed by atoms with Gasteiger partial charge in [0, 0.05) is 38.4 Å². The van der Waals surface area contributed by atoms with Gasteiger partial charge in [-0.1, -0.05) is 11.6 Å². The number of anilines is 2. The molecule has 182 valence electrons. The number of piperazine rings is 1. The van der Waals surface area contributed by atoms with Crippen molar-refractivity contribution in [2.24, 2.45) is 7.05 Å². The van der Waals surface area contributed by atoms with Crippen molar-refractivity contribution in [1.82, 2.24) is 24.7 Å². The molecule has 1 amide bonds. The summed E-state index contributed by atoms with van der Waals surface area (Å²) in [5.41, 5.74) is 1.82. The van der Waals surface area contributed by atoms with Gasteiger partial charge in [0.1, 0.15) is 11.5 Å². The standard InChI is InChI=1S/C18H20ClN7O.C2HF3O2/c1-24-10-14(17(19)23-24)21-18(27)15-6-4-12-5-7-16(22-26(12)15)25-9-11-2-3-13(25)8-20-11;3-2(4,5)1(6)7/h4-7,10-11,13,20H,2-3,8-9H2,1H3,(H,21,27);(H,6,7)/t11-,13-;/m0./s1. The first-order valence-electron chi connectivity index (χ1n) is 10.3. The van der Waals surface area contributed by atoms with Gasteiger partial charge in [-0.3, -0.25) is 9.48 Å². The molecule has 0 aromatic carbocycles. The number of carbonyl (C=O) groups excluding carboxylic acids is 1. The molecule has 10 nitrogen and oxygen atoms in total. The number of halogens is 4. The lowest BCUT2D eigenvalue weighted by atomic mass is 9.93. The topological polar surface area (TPSA) is 117 Å². The third kappa shape index (κ3) is 4.94. The smallest absolute Gasteiger partial charge is 0.475 e. The number of rotatable bonds is 3. The van der Waals surface area contributed by atoms with Crippen LogP contribution in [0.25, 0.3) is 5.52 Å². The zero-order valence-electron chi connectivity index (χ0n) is 17.9. The number of piperidine rings is 2. The average Bonchev–Trinajstić information content (AvgIpc) is 3.36. The highest BCUT2D eigenvalue weighted by molar-refractivity contribution is 6.32. The van der Waals surface area contributed by atoms with Gasteiger partial charge in [-0.05, 0) is 37.1 Å². The van der Waals surface area contributed by atoms with Gasteiger partial charge in [0.05, 0.1) is 11.2 Å². The van der Waals surface area contributed by atoms with Crippen LogP contribution in [-0.4, -0.2) is 67.7 Å². The first-order chi connectivity index (χ1) is 16.0. The minimum atomic E-state index is -5.08. The second-order valence-corrected chi connectivity index (χ2v) is 8.36. The molecule has 3 aliphatic heterocycles. The molecule has 3 aromatic rings. The van der Waals surface area contributed by atoms with Gasteiger partial charge in [-0.15, -0.1) is 5.10 Å². The molecule has 3 fully saturated rings. The first-order valence-corrected chi connectivity index (χ1v) is 10.7. The van der Waals surface area contributed by atoms with E-state index in [9.17, 15) is 18.0 Å². The van der Waals surface area contributed by atoms with Crippen LogP contribution in [0, 0.1) is 0 Å². The summed E-state index contributed by atoms with van der Waals surface area (Å²) < 4.78 is 35.0. The number of carbonyl (C=O) groups is 2. The molecule has 6 rings (SSSR count). The third-order valence-electron chi connectivity index (χ3n) is 5.64. The molecule has 34 heavy (non-hydrogen) atoms. The highest BCUT2D eigenvalue weighted by Crippen LogP contribution is 2.27. The van der Waals surface area contributed by atoms with Crippen molar-refractivity contribution in [2.75, 3.05) is 23.3 Å². The molecule has 14 heteroatoms. The van der Waals surface area contributed by atoms with Crippen LogP contribution in [0.5, 0.6) is 0 Å². The van der Waals surface area contributed by atoms with Gasteiger partial charge in [0.2, 0.25) is 0 Å². The van der Waals surface area contributed by atoms with Crippen LogP contribution in [0.4, 0.5) is 24.7 Å². The number of carboxylic acid groups (broad SMARTS) is 1. The number of nitrogens with one attached hydrogen (secondary N) is 2. The molecule has 0 saturated carbocycles. The van der Waals surface area contributed by atoms with E-state index in [0.717, 1.165) is 24.4 Å². The summed E-state index contributed by atoms with van der Waals surface area (Å²) in [5, 5.41) is 22.6. The molecule has 6 heterocycles. The Kier molecular flexibility index (Phi) is 6.41. The molecule has 2 atom stereocenters. The molecule has 3 aliphatic rings. The molecule has 0 radical (unpaired) electrons. The Bertz CT molecular complexity index is 1220. The van der Waals surface area contributed by atoms with E-state index in [1.807, 2.05) is 18.2 Å². The maximum atomic E-state index is 12.8. The van der Waals surface area contributed by atoms with Gasteiger partial charge >= 0.3 is 12.1 Å². The van der Waals surface area contributed by atoms with Crippen molar-refractivity contribution < 1.29 is 27.9 Å². The number of alkyl halides is 3. The minimum Gasteiger partial charge on any atom is -0.475 e. The lowest BCUT2D eigenvalue weighted by Gasteiger charge is -2.46. The van der Waals surface area contributed by atoms with Crippen LogP contribution >= 0.6 is 11.6 Å². The highest BCUT2D eigenvalue weighted by atomic mass is 35.5. The number of amides is 1. The molecule has 3 aromatic heterocycles. The predicted molar refractivity (Wildman–Crippen MR) is 117 cm³/mol. The summed E-state index contributed by atoms with van der Waals surface area (Å²) >= 11 is 6.05. The fourth-order valence-corrected chi connectivity index (χ4v) is 4.24. The normalized spacial score (nSPS) is 19.6. The first kappa shape index (κ1) is 23.8. The van der Waals surface area contributed by atoms with Crippen molar-refractivity contribution in [2.45, 2.75) is 31.1 Å². The number of aromatic nitrogens is 4. The van der Waals surface area contributed by atoms with Crippen LogP contribution < -0.4 is 15.5 Å². The molecule has 0 spiro atoms. The second-order valence-electron chi connectivity index (χ2n) is 8.00. The molecule has 3 N–H and O–H groups in total. The quantitative estimate of drug-likeness (QED) is 0.507. The number of aryl methyl sites for hydroxylation is 1. The Hall–Kier alpha value is -3.32. The van der Waals surface area contributed by atoms with Gasteiger partial charge in [0.25, 0.3) is 5.91 Å². The average molecular weight is 500 g/mol. The van der Waals surface area contributed by atoms with Gasteiger partial charge in [-0.2, -0.15) is 18.3 Å². The summed E-state index contributed by atoms with van der Waals surface area (Å²) in [4.78, 5) is 24.0. The number of nitrogens with zero attached hydrogens (tertiary/aromatic N) is 5. The lowest BCUT2D eigenvalue weighted by molar-refractivity contribution is -0.192. The van der Waals surface area contributed by atoms with E-state index in [1.165, 1.54) is 12.8 Å². The summed E-state index contributed by atoms with van der Waals surface area (Å²) in [5.74, 6) is -2.12. The van der Waals surface area contributed by atoms with Gasteiger partial charge in [0.15, 0.2) is 5.15 Å². The molecule has 2 bridgehead atoms. The van der Waals surface area contributed by atoms with Crippen molar-refractivity contribution in [1.29, 1.82) is 0 Å². The maximum absolute atomic E-state index is 12.8. The molecular weight excluding hydrogens is 479 g/mol. The Morgan fingerprint density at radius 3 is 2.44 bits per heavy atom. The number of aliphatic carboxylic acids is 1. The van der Waals surface area contributed by atoms with E-state index in [0.29, 0.717) is 23.5 Å². The van der Waals surface area contributed by atoms with E-state index in [-0.39, 0.29) is 11.1 Å². The van der Waals surface area contributed by atoms with E-state index in [4.69, 9.17) is 26.6 Å². The number of carboxylic acids is 1. The molecular formula is C20H21ClF3N7O3.